The highest BCUT2D eigenvalue weighted by molar-refractivity contribution is 9.10. The van der Waals surface area contributed by atoms with Crippen molar-refractivity contribution in [2.45, 2.75) is 11.8 Å². The number of likely N-dealkylation sites (N-methyl/N-ethyl adjacent to an activating group) is 1. The Morgan fingerprint density at radius 3 is 2.59 bits per heavy atom. The average Bonchev–Trinajstić information content (AvgIpc) is 2.24. The van der Waals surface area contributed by atoms with Gasteiger partial charge in [0.25, 0.3) is 0 Å². The Hall–Kier alpha value is -0.500. The third-order valence-electron chi connectivity index (χ3n) is 2.22. The fourth-order valence-electron chi connectivity index (χ4n) is 1.42. The first-order valence-electron chi connectivity index (χ1n) is 5.00. The summed E-state index contributed by atoms with van der Waals surface area (Å²) in [6.45, 7) is 1.43. The molecule has 0 aliphatic carbocycles. The van der Waals surface area contributed by atoms with Gasteiger partial charge in [-0.25, -0.2) is 12.8 Å². The topological polar surface area (TPSA) is 57.6 Å². The lowest BCUT2D eigenvalue weighted by molar-refractivity contribution is 0.256. The van der Waals surface area contributed by atoms with E-state index in [0.29, 0.717) is 0 Å². The lowest BCUT2D eigenvalue weighted by Gasteiger charge is -2.20. The van der Waals surface area contributed by atoms with Crippen molar-refractivity contribution in [3.8, 4) is 0 Å². The van der Waals surface area contributed by atoms with Crippen LogP contribution in [0.15, 0.2) is 27.6 Å². The monoisotopic (exact) mass is 325 g/mol. The molecule has 7 heteroatoms. The molecule has 1 N–H and O–H groups in total. The highest BCUT2D eigenvalue weighted by Crippen LogP contribution is 2.27. The highest BCUT2D eigenvalue weighted by Gasteiger charge is 2.28. The third-order valence-corrected chi connectivity index (χ3v) is 5.19. The number of benzene rings is 1. The van der Waals surface area contributed by atoms with Gasteiger partial charge in [-0.15, -0.1) is 0 Å². The van der Waals surface area contributed by atoms with Crippen LogP contribution in [0, 0.1) is 5.82 Å². The van der Waals surface area contributed by atoms with Crippen LogP contribution >= 0.6 is 15.9 Å². The lowest BCUT2D eigenvalue weighted by Crippen LogP contribution is -2.34. The lowest BCUT2D eigenvalue weighted by atomic mass is 10.3. The largest absolute Gasteiger partial charge is 0.395 e. The molecule has 0 aliphatic heterocycles. The van der Waals surface area contributed by atoms with E-state index in [4.69, 9.17) is 5.11 Å². The van der Waals surface area contributed by atoms with Gasteiger partial charge in [-0.1, -0.05) is 13.0 Å². The van der Waals surface area contributed by atoms with Gasteiger partial charge in [0.1, 0.15) is 10.7 Å². The smallest absolute Gasteiger partial charge is 0.247 e. The predicted octanol–water partition coefficient (Wildman–Crippen LogP) is 1.59. The normalized spacial score (nSPS) is 12.1. The zero-order valence-electron chi connectivity index (χ0n) is 9.23. The van der Waals surface area contributed by atoms with E-state index in [1.807, 2.05) is 0 Å². The van der Waals surface area contributed by atoms with Crippen LogP contribution < -0.4 is 0 Å². The van der Waals surface area contributed by atoms with Gasteiger partial charge in [-0.2, -0.15) is 4.31 Å². The van der Waals surface area contributed by atoms with Gasteiger partial charge in [-0.05, 0) is 28.1 Å². The van der Waals surface area contributed by atoms with Gasteiger partial charge >= 0.3 is 0 Å². The second kappa shape index (κ2) is 5.90. The molecule has 0 saturated heterocycles. The van der Waals surface area contributed by atoms with E-state index >= 15 is 0 Å². The summed E-state index contributed by atoms with van der Waals surface area (Å²) in [4.78, 5) is -0.393. The summed E-state index contributed by atoms with van der Waals surface area (Å²) < 4.78 is 39.1. The molecular formula is C10H13BrFNO3S. The zero-order chi connectivity index (χ0) is 13.1. The molecule has 0 aromatic heterocycles. The van der Waals surface area contributed by atoms with Crippen molar-refractivity contribution in [3.63, 3.8) is 0 Å². The SMILES string of the molecule is CCN(CCO)S(=O)(=O)c1c(F)cccc1Br. The molecule has 0 amide bonds. The molecular weight excluding hydrogens is 313 g/mol. The van der Waals surface area contributed by atoms with E-state index in [0.717, 1.165) is 10.4 Å². The number of aliphatic hydroxyl groups is 1. The van der Waals surface area contributed by atoms with Gasteiger partial charge in [0.15, 0.2) is 0 Å². The molecule has 96 valence electrons. The van der Waals surface area contributed by atoms with Crippen molar-refractivity contribution in [3.05, 3.63) is 28.5 Å². The quantitative estimate of drug-likeness (QED) is 0.894. The standard InChI is InChI=1S/C10H13BrFNO3S/c1-2-13(6-7-14)17(15,16)10-8(11)4-3-5-9(10)12/h3-5,14H,2,6-7H2,1H3. The molecule has 0 unspecified atom stereocenters. The Morgan fingerprint density at radius 1 is 1.47 bits per heavy atom. The maximum absolute atomic E-state index is 13.6. The predicted molar refractivity (Wildman–Crippen MR) is 65.6 cm³/mol. The van der Waals surface area contributed by atoms with E-state index in [1.54, 1.807) is 6.92 Å². The average molecular weight is 326 g/mol. The van der Waals surface area contributed by atoms with Gasteiger partial charge < -0.3 is 5.11 Å². The van der Waals surface area contributed by atoms with Crippen LogP contribution in [-0.4, -0.2) is 37.5 Å². The minimum Gasteiger partial charge on any atom is -0.395 e. The zero-order valence-corrected chi connectivity index (χ0v) is 11.6. The van der Waals surface area contributed by atoms with Crippen LogP contribution in [0.25, 0.3) is 0 Å². The highest BCUT2D eigenvalue weighted by atomic mass is 79.9. The Kier molecular flexibility index (Phi) is 5.05. The van der Waals surface area contributed by atoms with Crippen molar-refractivity contribution in [2.75, 3.05) is 19.7 Å². The van der Waals surface area contributed by atoms with E-state index in [2.05, 4.69) is 15.9 Å². The maximum Gasteiger partial charge on any atom is 0.247 e. The van der Waals surface area contributed by atoms with Gasteiger partial charge in [0, 0.05) is 17.6 Å². The van der Waals surface area contributed by atoms with Gasteiger partial charge in [0.2, 0.25) is 10.0 Å². The Morgan fingerprint density at radius 2 is 2.12 bits per heavy atom. The van der Waals surface area contributed by atoms with Crippen molar-refractivity contribution in [1.82, 2.24) is 4.31 Å². The van der Waals surface area contributed by atoms with Crippen LogP contribution in [0.1, 0.15) is 6.92 Å². The summed E-state index contributed by atoms with van der Waals surface area (Å²) in [6, 6.07) is 3.97. The molecule has 1 aromatic carbocycles. The third kappa shape index (κ3) is 3.04. The molecule has 1 aromatic rings. The first-order chi connectivity index (χ1) is 7.95. The van der Waals surface area contributed by atoms with Crippen LogP contribution in [0.3, 0.4) is 0 Å². The molecule has 0 fully saturated rings. The number of halogens is 2. The second-order valence-corrected chi connectivity index (χ2v) is 6.00. The maximum atomic E-state index is 13.6. The molecule has 4 nitrogen and oxygen atoms in total. The van der Waals surface area contributed by atoms with Crippen molar-refractivity contribution in [1.29, 1.82) is 0 Å². The van der Waals surface area contributed by atoms with Crippen LogP contribution in [-0.2, 0) is 10.0 Å². The fraction of sp³-hybridized carbons (Fsp3) is 0.400. The van der Waals surface area contributed by atoms with Crippen LogP contribution in [0.5, 0.6) is 0 Å². The number of hydrogen-bond acceptors (Lipinski definition) is 3. The molecule has 1 rings (SSSR count). The summed E-state index contributed by atoms with van der Waals surface area (Å²) >= 11 is 3.02. The van der Waals surface area contributed by atoms with E-state index in [-0.39, 0.29) is 24.2 Å². The number of rotatable bonds is 5. The number of sulfonamides is 1. The van der Waals surface area contributed by atoms with Gasteiger partial charge in [-0.3, -0.25) is 0 Å². The van der Waals surface area contributed by atoms with E-state index in [9.17, 15) is 12.8 Å². The number of hydrogen-bond donors (Lipinski definition) is 1. The minimum atomic E-state index is -3.92. The Labute approximate surface area is 108 Å². The number of aliphatic hydroxyl groups excluding tert-OH is 1. The van der Waals surface area contributed by atoms with E-state index < -0.39 is 20.7 Å². The Balaban J connectivity index is 3.30. The van der Waals surface area contributed by atoms with Crippen molar-refractivity contribution >= 4 is 26.0 Å². The summed E-state index contributed by atoms with van der Waals surface area (Å²) in [7, 11) is -3.92. The number of nitrogens with zero attached hydrogens (tertiary/aromatic N) is 1. The van der Waals surface area contributed by atoms with Crippen molar-refractivity contribution in [2.24, 2.45) is 0 Å². The molecule has 0 heterocycles. The molecule has 0 radical (unpaired) electrons. The molecule has 17 heavy (non-hydrogen) atoms. The molecule has 0 spiro atoms. The summed E-state index contributed by atoms with van der Waals surface area (Å²) in [5.74, 6) is -0.809. The Bertz CT molecular complexity index is 472. The summed E-state index contributed by atoms with van der Waals surface area (Å²) in [6.07, 6.45) is 0. The van der Waals surface area contributed by atoms with Crippen molar-refractivity contribution < 1.29 is 17.9 Å². The van der Waals surface area contributed by atoms with E-state index in [1.165, 1.54) is 12.1 Å². The first-order valence-corrected chi connectivity index (χ1v) is 7.23. The van der Waals surface area contributed by atoms with Gasteiger partial charge in [0.05, 0.1) is 6.61 Å². The minimum absolute atomic E-state index is 0.0559. The van der Waals surface area contributed by atoms with Crippen LogP contribution in [0.2, 0.25) is 0 Å². The summed E-state index contributed by atoms with van der Waals surface area (Å²) in [5.41, 5.74) is 0. The fourth-order valence-corrected chi connectivity index (χ4v) is 3.92. The molecule has 0 bridgehead atoms. The first kappa shape index (κ1) is 14.6. The molecule has 0 saturated carbocycles. The molecule has 0 atom stereocenters. The summed E-state index contributed by atoms with van der Waals surface area (Å²) in [5, 5.41) is 8.81. The second-order valence-electron chi connectivity index (χ2n) is 3.27. The molecule has 0 aliphatic rings. The van der Waals surface area contributed by atoms with Crippen LogP contribution in [0.4, 0.5) is 4.39 Å².